The van der Waals surface area contributed by atoms with Crippen molar-refractivity contribution in [3.8, 4) is 0 Å². The van der Waals surface area contributed by atoms with Crippen molar-refractivity contribution in [1.29, 1.82) is 0 Å². The minimum absolute atomic E-state index is 0.0258. The van der Waals surface area contributed by atoms with Crippen molar-refractivity contribution in [2.75, 3.05) is 37.8 Å². The standard InChI is InChI=1S/C19H23F3N6O2/c1-12(29)23-8-9-24-17-15(19(20,21)22)11-25-18(27-17)26-14-6-4-13(5-7-14)10-16(30)28(2)3/h4-7,11H,8-10H2,1-3H3,(H,23,29)(H2,24,25,26,27). The number of hydrogen-bond acceptors (Lipinski definition) is 6. The lowest BCUT2D eigenvalue weighted by molar-refractivity contribution is -0.137. The number of carbonyl (C=O) groups excluding carboxylic acids is 2. The zero-order chi connectivity index (χ0) is 22.3. The molecule has 0 aliphatic rings. The van der Waals surface area contributed by atoms with Crippen molar-refractivity contribution in [1.82, 2.24) is 20.2 Å². The molecule has 0 spiro atoms. The van der Waals surface area contributed by atoms with Crippen molar-refractivity contribution in [2.24, 2.45) is 0 Å². The van der Waals surface area contributed by atoms with E-state index in [0.717, 1.165) is 5.56 Å². The summed E-state index contributed by atoms with van der Waals surface area (Å²) >= 11 is 0. The molecule has 0 atom stereocenters. The van der Waals surface area contributed by atoms with Gasteiger partial charge in [-0.05, 0) is 17.7 Å². The van der Waals surface area contributed by atoms with Crippen LogP contribution >= 0.6 is 0 Å². The lowest BCUT2D eigenvalue weighted by Gasteiger charge is -2.15. The number of halogens is 3. The van der Waals surface area contributed by atoms with Crippen LogP contribution in [0.15, 0.2) is 30.5 Å². The number of benzene rings is 1. The van der Waals surface area contributed by atoms with Gasteiger partial charge in [-0.1, -0.05) is 12.1 Å². The smallest absolute Gasteiger partial charge is 0.368 e. The molecule has 0 radical (unpaired) electrons. The lowest BCUT2D eigenvalue weighted by Crippen LogP contribution is -2.27. The molecular formula is C19H23F3N6O2. The number of anilines is 3. The Hall–Kier alpha value is -3.37. The molecule has 1 aromatic carbocycles. The molecule has 0 aliphatic carbocycles. The van der Waals surface area contributed by atoms with Crippen LogP contribution in [-0.2, 0) is 22.2 Å². The first-order valence-electron chi connectivity index (χ1n) is 9.05. The number of aromatic nitrogens is 2. The van der Waals surface area contributed by atoms with Gasteiger partial charge in [-0.25, -0.2) is 4.98 Å². The van der Waals surface area contributed by atoms with E-state index in [0.29, 0.717) is 11.9 Å². The molecule has 0 fully saturated rings. The zero-order valence-corrected chi connectivity index (χ0v) is 16.8. The monoisotopic (exact) mass is 424 g/mol. The minimum Gasteiger partial charge on any atom is -0.368 e. The van der Waals surface area contributed by atoms with Gasteiger partial charge in [0.15, 0.2) is 0 Å². The number of carbonyl (C=O) groups is 2. The highest BCUT2D eigenvalue weighted by Crippen LogP contribution is 2.34. The summed E-state index contributed by atoms with van der Waals surface area (Å²) in [5, 5.41) is 7.90. The van der Waals surface area contributed by atoms with Gasteiger partial charge in [0.05, 0.1) is 6.42 Å². The molecule has 0 saturated carbocycles. The van der Waals surface area contributed by atoms with E-state index in [-0.39, 0.29) is 37.3 Å². The molecule has 0 bridgehead atoms. The van der Waals surface area contributed by atoms with E-state index in [4.69, 9.17) is 0 Å². The Morgan fingerprint density at radius 3 is 2.33 bits per heavy atom. The Bertz CT molecular complexity index is 885. The maximum absolute atomic E-state index is 13.2. The molecule has 8 nitrogen and oxygen atoms in total. The van der Waals surface area contributed by atoms with Crippen LogP contribution in [0.5, 0.6) is 0 Å². The molecule has 2 aromatic rings. The van der Waals surface area contributed by atoms with Crippen LogP contribution in [0.25, 0.3) is 0 Å². The third kappa shape index (κ3) is 6.90. The molecule has 30 heavy (non-hydrogen) atoms. The Morgan fingerprint density at radius 1 is 1.10 bits per heavy atom. The highest BCUT2D eigenvalue weighted by Gasteiger charge is 2.35. The van der Waals surface area contributed by atoms with Crippen LogP contribution in [-0.4, -0.2) is 53.9 Å². The van der Waals surface area contributed by atoms with E-state index in [2.05, 4.69) is 25.9 Å². The van der Waals surface area contributed by atoms with E-state index >= 15 is 0 Å². The summed E-state index contributed by atoms with van der Waals surface area (Å²) in [5.74, 6) is -0.744. The fourth-order valence-electron chi connectivity index (χ4n) is 2.37. The minimum atomic E-state index is -4.63. The summed E-state index contributed by atoms with van der Waals surface area (Å²) < 4.78 is 39.6. The SMILES string of the molecule is CC(=O)NCCNc1nc(Nc2ccc(CC(=O)N(C)C)cc2)ncc1C(F)(F)F. The maximum atomic E-state index is 13.2. The second-order valence-corrected chi connectivity index (χ2v) is 6.65. The van der Waals surface area contributed by atoms with E-state index in [1.54, 1.807) is 38.4 Å². The summed E-state index contributed by atoms with van der Waals surface area (Å²) in [7, 11) is 3.34. The average Bonchev–Trinajstić information content (AvgIpc) is 2.66. The summed E-state index contributed by atoms with van der Waals surface area (Å²) in [6.45, 7) is 1.52. The van der Waals surface area contributed by atoms with Crippen molar-refractivity contribution in [2.45, 2.75) is 19.5 Å². The van der Waals surface area contributed by atoms with Gasteiger partial charge >= 0.3 is 6.18 Å². The van der Waals surface area contributed by atoms with Crippen LogP contribution < -0.4 is 16.0 Å². The lowest BCUT2D eigenvalue weighted by atomic mass is 10.1. The third-order valence-corrected chi connectivity index (χ3v) is 3.95. The van der Waals surface area contributed by atoms with E-state index in [1.165, 1.54) is 11.8 Å². The third-order valence-electron chi connectivity index (χ3n) is 3.95. The Labute approximate surface area is 171 Å². The molecule has 0 unspecified atom stereocenters. The number of rotatable bonds is 8. The molecule has 162 valence electrons. The fraction of sp³-hybridized carbons (Fsp3) is 0.368. The number of nitrogens with one attached hydrogen (secondary N) is 3. The summed E-state index contributed by atoms with van der Waals surface area (Å²) in [6.07, 6.45) is -3.69. The summed E-state index contributed by atoms with van der Waals surface area (Å²) in [4.78, 5) is 31.8. The van der Waals surface area contributed by atoms with Crippen LogP contribution in [0.4, 0.5) is 30.6 Å². The summed E-state index contributed by atoms with van der Waals surface area (Å²) in [6, 6.07) is 6.84. The number of likely N-dealkylation sites (N-methyl/N-ethyl adjacent to an activating group) is 1. The molecule has 1 aromatic heterocycles. The van der Waals surface area contributed by atoms with Gasteiger partial charge in [-0.2, -0.15) is 18.2 Å². The summed E-state index contributed by atoms with van der Waals surface area (Å²) in [5.41, 5.74) is 0.348. The van der Waals surface area contributed by atoms with Crippen molar-refractivity contribution >= 4 is 29.3 Å². The topological polar surface area (TPSA) is 99.2 Å². The predicted molar refractivity (Wildman–Crippen MR) is 106 cm³/mol. The molecule has 0 aliphatic heterocycles. The van der Waals surface area contributed by atoms with Crippen molar-refractivity contribution in [3.05, 3.63) is 41.6 Å². The largest absolute Gasteiger partial charge is 0.421 e. The number of alkyl halides is 3. The van der Waals surface area contributed by atoms with Gasteiger partial charge < -0.3 is 20.9 Å². The molecule has 11 heteroatoms. The fourth-order valence-corrected chi connectivity index (χ4v) is 2.37. The second kappa shape index (κ2) is 9.90. The highest BCUT2D eigenvalue weighted by molar-refractivity contribution is 5.78. The van der Waals surface area contributed by atoms with Gasteiger partial charge in [0.2, 0.25) is 17.8 Å². The Kier molecular flexibility index (Phi) is 7.56. The maximum Gasteiger partial charge on any atom is 0.421 e. The van der Waals surface area contributed by atoms with Crippen LogP contribution in [0.3, 0.4) is 0 Å². The van der Waals surface area contributed by atoms with E-state index in [1.807, 2.05) is 0 Å². The first kappa shape index (κ1) is 22.9. The van der Waals surface area contributed by atoms with Crippen molar-refractivity contribution < 1.29 is 22.8 Å². The number of amides is 2. The van der Waals surface area contributed by atoms with Crippen LogP contribution in [0.2, 0.25) is 0 Å². The Morgan fingerprint density at radius 2 is 1.77 bits per heavy atom. The zero-order valence-electron chi connectivity index (χ0n) is 16.8. The molecule has 0 saturated heterocycles. The van der Waals surface area contributed by atoms with E-state index in [9.17, 15) is 22.8 Å². The first-order chi connectivity index (χ1) is 14.1. The number of nitrogens with zero attached hydrogens (tertiary/aromatic N) is 3. The molecule has 3 N–H and O–H groups in total. The van der Waals surface area contributed by atoms with Crippen molar-refractivity contribution in [3.63, 3.8) is 0 Å². The van der Waals surface area contributed by atoms with Gasteiger partial charge in [-0.15, -0.1) is 0 Å². The predicted octanol–water partition coefficient (Wildman–Crippen LogP) is 2.42. The first-order valence-corrected chi connectivity index (χ1v) is 9.05. The van der Waals surface area contributed by atoms with Gasteiger partial charge in [0, 0.05) is 46.0 Å². The molecular weight excluding hydrogens is 401 g/mol. The molecule has 2 rings (SSSR count). The highest BCUT2D eigenvalue weighted by atomic mass is 19.4. The average molecular weight is 424 g/mol. The molecule has 2 amide bonds. The van der Waals surface area contributed by atoms with Crippen LogP contribution in [0, 0.1) is 0 Å². The van der Waals surface area contributed by atoms with E-state index < -0.39 is 17.6 Å². The normalized spacial score (nSPS) is 11.0. The Balaban J connectivity index is 2.12. The second-order valence-electron chi connectivity index (χ2n) is 6.65. The van der Waals surface area contributed by atoms with Gasteiger partial charge in [0.1, 0.15) is 11.4 Å². The quantitative estimate of drug-likeness (QED) is 0.563. The molecule has 1 heterocycles. The number of hydrogen-bond donors (Lipinski definition) is 3. The van der Waals surface area contributed by atoms with Gasteiger partial charge in [-0.3, -0.25) is 9.59 Å². The van der Waals surface area contributed by atoms with Crippen LogP contribution in [0.1, 0.15) is 18.1 Å². The van der Waals surface area contributed by atoms with Gasteiger partial charge in [0.25, 0.3) is 0 Å².